The van der Waals surface area contributed by atoms with E-state index in [1.807, 2.05) is 0 Å². The van der Waals surface area contributed by atoms with Crippen LogP contribution < -0.4 is 0 Å². The molecule has 0 bridgehead atoms. The molecule has 2 heterocycles. The van der Waals surface area contributed by atoms with Gasteiger partial charge in [-0.3, -0.25) is 4.79 Å². The van der Waals surface area contributed by atoms with E-state index in [4.69, 9.17) is 9.47 Å². The third-order valence-electron chi connectivity index (χ3n) is 3.98. The van der Waals surface area contributed by atoms with Crippen LogP contribution in [-0.2, 0) is 14.3 Å². The molecule has 6 unspecified atom stereocenters. The predicted octanol–water partition coefficient (Wildman–Crippen LogP) is -0.531. The molecule has 2 saturated heterocycles. The first-order valence-corrected chi connectivity index (χ1v) is 5.35. The summed E-state index contributed by atoms with van der Waals surface area (Å²) in [5.74, 6) is -0.368. The number of hydrogen-bond acceptors (Lipinski definition) is 5. The van der Waals surface area contributed by atoms with E-state index in [-0.39, 0.29) is 29.6 Å². The van der Waals surface area contributed by atoms with Crippen LogP contribution in [0, 0.1) is 23.7 Å². The van der Waals surface area contributed by atoms with Crippen LogP contribution in [0.5, 0.6) is 0 Å². The number of esters is 1. The van der Waals surface area contributed by atoms with E-state index in [1.165, 1.54) is 0 Å². The quantitative estimate of drug-likeness (QED) is 0.530. The molecule has 2 aliphatic heterocycles. The van der Waals surface area contributed by atoms with Crippen molar-refractivity contribution in [3.8, 4) is 0 Å². The molecule has 0 aromatic heterocycles. The van der Waals surface area contributed by atoms with Crippen LogP contribution in [0.15, 0.2) is 0 Å². The van der Waals surface area contributed by atoms with E-state index in [0.29, 0.717) is 19.4 Å². The van der Waals surface area contributed by atoms with Crippen molar-refractivity contribution in [2.75, 3.05) is 6.61 Å². The fourth-order valence-electron chi connectivity index (χ4n) is 3.11. The van der Waals surface area contributed by atoms with Crippen molar-refractivity contribution in [2.24, 2.45) is 23.7 Å². The van der Waals surface area contributed by atoms with E-state index in [1.54, 1.807) is 0 Å². The Hall–Kier alpha value is -0.650. The summed E-state index contributed by atoms with van der Waals surface area (Å²) in [7, 11) is 0. The van der Waals surface area contributed by atoms with Crippen LogP contribution in [0.4, 0.5) is 0 Å². The highest BCUT2D eigenvalue weighted by atomic mass is 16.6. The Bertz CT molecular complexity index is 292. The maximum absolute atomic E-state index is 11.4. The molecular weight excluding hydrogens is 200 g/mol. The monoisotopic (exact) mass is 214 g/mol. The first-order valence-electron chi connectivity index (χ1n) is 5.35. The minimum atomic E-state index is -0.990. The molecule has 3 rings (SSSR count). The topological polar surface area (TPSA) is 76.0 Å². The second-order valence-corrected chi connectivity index (χ2v) is 4.72. The Kier molecular flexibility index (Phi) is 2.02. The van der Waals surface area contributed by atoms with Crippen molar-refractivity contribution in [1.82, 2.24) is 0 Å². The molecule has 6 atom stereocenters. The van der Waals surface area contributed by atoms with Gasteiger partial charge in [0.25, 0.3) is 0 Å². The first kappa shape index (κ1) is 9.57. The summed E-state index contributed by atoms with van der Waals surface area (Å²) in [5, 5.41) is 19.1. The van der Waals surface area contributed by atoms with Crippen LogP contribution in [0.1, 0.15) is 12.8 Å². The Balaban J connectivity index is 1.82. The van der Waals surface area contributed by atoms with Crippen molar-refractivity contribution >= 4 is 5.97 Å². The highest BCUT2D eigenvalue weighted by Crippen LogP contribution is 2.47. The van der Waals surface area contributed by atoms with E-state index in [2.05, 4.69) is 0 Å². The summed E-state index contributed by atoms with van der Waals surface area (Å²) >= 11 is 0. The van der Waals surface area contributed by atoms with Crippen molar-refractivity contribution in [3.63, 3.8) is 0 Å². The standard InChI is InChI=1S/C10H14O5/c11-8-5-2-7-6(1-4(5)3-14-8)9(12)15-10(7)13/h4-8,10-11,13H,1-3H2. The minimum Gasteiger partial charge on any atom is -0.435 e. The summed E-state index contributed by atoms with van der Waals surface area (Å²) in [5.41, 5.74) is 0. The first-order chi connectivity index (χ1) is 7.16. The smallest absolute Gasteiger partial charge is 0.311 e. The van der Waals surface area contributed by atoms with Crippen LogP contribution in [-0.4, -0.2) is 35.4 Å². The van der Waals surface area contributed by atoms with Gasteiger partial charge in [-0.1, -0.05) is 0 Å². The van der Waals surface area contributed by atoms with Gasteiger partial charge in [-0.05, 0) is 18.8 Å². The molecule has 3 fully saturated rings. The van der Waals surface area contributed by atoms with Crippen molar-refractivity contribution in [2.45, 2.75) is 25.4 Å². The SMILES string of the molecule is O=C1OC(O)C2CC3C(COC3O)CC12. The second kappa shape index (κ2) is 3.17. The molecule has 1 saturated carbocycles. The number of rotatable bonds is 0. The van der Waals surface area contributed by atoms with Crippen molar-refractivity contribution in [1.29, 1.82) is 0 Å². The summed E-state index contributed by atoms with van der Waals surface area (Å²) in [4.78, 5) is 11.4. The third-order valence-corrected chi connectivity index (χ3v) is 3.98. The van der Waals surface area contributed by atoms with E-state index in [0.717, 1.165) is 0 Å². The maximum atomic E-state index is 11.4. The highest BCUT2D eigenvalue weighted by molar-refractivity contribution is 5.75. The zero-order chi connectivity index (χ0) is 10.6. The molecule has 2 N–H and O–H groups in total. The normalized spacial score (nSPS) is 53.6. The lowest BCUT2D eigenvalue weighted by Gasteiger charge is -2.32. The van der Waals surface area contributed by atoms with Gasteiger partial charge < -0.3 is 19.7 Å². The fourth-order valence-corrected chi connectivity index (χ4v) is 3.11. The molecule has 3 aliphatic rings. The number of aliphatic hydroxyl groups excluding tert-OH is 2. The molecule has 15 heavy (non-hydrogen) atoms. The van der Waals surface area contributed by atoms with Crippen LogP contribution >= 0.6 is 0 Å². The molecule has 1 aliphatic carbocycles. The average Bonchev–Trinajstić information content (AvgIpc) is 2.70. The van der Waals surface area contributed by atoms with Gasteiger partial charge in [-0.15, -0.1) is 0 Å². The lowest BCUT2D eigenvalue weighted by atomic mass is 9.70. The summed E-state index contributed by atoms with van der Waals surface area (Å²) in [6.45, 7) is 0.512. The summed E-state index contributed by atoms with van der Waals surface area (Å²) < 4.78 is 9.96. The Morgan fingerprint density at radius 1 is 1.13 bits per heavy atom. The second-order valence-electron chi connectivity index (χ2n) is 4.72. The van der Waals surface area contributed by atoms with Gasteiger partial charge in [0.1, 0.15) is 0 Å². The Labute approximate surface area is 87.0 Å². The van der Waals surface area contributed by atoms with Gasteiger partial charge in [-0.25, -0.2) is 0 Å². The maximum Gasteiger partial charge on any atom is 0.311 e. The molecule has 0 amide bonds. The fraction of sp³-hybridized carbons (Fsp3) is 0.900. The van der Waals surface area contributed by atoms with Crippen molar-refractivity contribution in [3.05, 3.63) is 0 Å². The number of fused-ring (bicyclic) bond motifs is 2. The number of carbonyl (C=O) groups is 1. The molecule has 0 radical (unpaired) electrons. The molecule has 0 spiro atoms. The summed E-state index contributed by atoms with van der Waals surface area (Å²) in [6, 6.07) is 0. The number of hydrogen-bond donors (Lipinski definition) is 2. The van der Waals surface area contributed by atoms with E-state index < -0.39 is 12.6 Å². The molecule has 0 aromatic rings. The largest absolute Gasteiger partial charge is 0.435 e. The molecule has 0 aromatic carbocycles. The van der Waals surface area contributed by atoms with E-state index in [9.17, 15) is 15.0 Å². The lowest BCUT2D eigenvalue weighted by molar-refractivity contribution is -0.157. The molecular formula is C10H14O5. The van der Waals surface area contributed by atoms with Gasteiger partial charge in [0, 0.05) is 11.8 Å². The van der Waals surface area contributed by atoms with Gasteiger partial charge in [0.05, 0.1) is 12.5 Å². The minimum absolute atomic E-state index is 0.0513. The molecule has 5 heteroatoms. The Morgan fingerprint density at radius 3 is 2.73 bits per heavy atom. The van der Waals surface area contributed by atoms with E-state index >= 15 is 0 Å². The Morgan fingerprint density at radius 2 is 1.93 bits per heavy atom. The van der Waals surface area contributed by atoms with Gasteiger partial charge in [-0.2, -0.15) is 0 Å². The predicted molar refractivity (Wildman–Crippen MR) is 47.3 cm³/mol. The van der Waals surface area contributed by atoms with Crippen LogP contribution in [0.3, 0.4) is 0 Å². The summed E-state index contributed by atoms with van der Waals surface area (Å²) in [6.07, 6.45) is -0.443. The highest BCUT2D eigenvalue weighted by Gasteiger charge is 2.53. The molecule has 5 nitrogen and oxygen atoms in total. The average molecular weight is 214 g/mol. The number of ether oxygens (including phenoxy) is 2. The van der Waals surface area contributed by atoms with Crippen LogP contribution in [0.25, 0.3) is 0 Å². The van der Waals surface area contributed by atoms with Gasteiger partial charge in [0.15, 0.2) is 6.29 Å². The zero-order valence-electron chi connectivity index (χ0n) is 8.20. The van der Waals surface area contributed by atoms with Gasteiger partial charge >= 0.3 is 5.97 Å². The van der Waals surface area contributed by atoms with Crippen molar-refractivity contribution < 1.29 is 24.5 Å². The third kappa shape index (κ3) is 1.30. The number of cyclic esters (lactones) is 1. The number of aliphatic hydroxyl groups is 2. The van der Waals surface area contributed by atoms with Crippen LogP contribution in [0.2, 0.25) is 0 Å². The molecule has 84 valence electrons. The number of carbonyl (C=O) groups excluding carboxylic acids is 1. The zero-order valence-corrected chi connectivity index (χ0v) is 8.20. The lowest BCUT2D eigenvalue weighted by Crippen LogP contribution is -2.36. The van der Waals surface area contributed by atoms with Gasteiger partial charge in [0.2, 0.25) is 6.29 Å².